The number of fused-ring (bicyclic) bond motifs is 4. The summed E-state index contributed by atoms with van der Waals surface area (Å²) in [7, 11) is 3.21. The average Bonchev–Trinajstić information content (AvgIpc) is 3.84. The Morgan fingerprint density at radius 1 is 0.672 bits per heavy atom. The van der Waals surface area contributed by atoms with Crippen LogP contribution in [0.5, 0.6) is 23.0 Å². The van der Waals surface area contributed by atoms with Crippen LogP contribution < -0.4 is 29.2 Å². The maximum Gasteiger partial charge on any atom is 0.260 e. The van der Waals surface area contributed by atoms with Crippen LogP contribution in [0.15, 0.2) is 95.2 Å². The normalized spacial score (nSPS) is 19.4. The highest BCUT2D eigenvalue weighted by molar-refractivity contribution is 6.06. The van der Waals surface area contributed by atoms with E-state index in [-0.39, 0.29) is 23.9 Å². The molecule has 0 radical (unpaired) electrons. The van der Waals surface area contributed by atoms with Crippen molar-refractivity contribution < 1.29 is 28.5 Å². The van der Waals surface area contributed by atoms with Crippen LogP contribution in [-0.2, 0) is 0 Å². The average molecular weight is 779 g/mol. The van der Waals surface area contributed by atoms with Gasteiger partial charge in [0.05, 0.1) is 62.0 Å². The van der Waals surface area contributed by atoms with Crippen LogP contribution in [0.3, 0.4) is 0 Å². The number of carbonyl (C=O) groups excluding carboxylic acids is 2. The number of methoxy groups -OCH3 is 2. The highest BCUT2D eigenvalue weighted by Crippen LogP contribution is 2.41. The van der Waals surface area contributed by atoms with Crippen LogP contribution >= 0.6 is 0 Å². The van der Waals surface area contributed by atoms with Crippen LogP contribution in [0.1, 0.15) is 56.7 Å². The molecule has 5 aliphatic heterocycles. The van der Waals surface area contributed by atoms with Crippen molar-refractivity contribution in [2.75, 3.05) is 58.5 Å². The molecule has 0 aliphatic carbocycles. The molecule has 5 heterocycles. The van der Waals surface area contributed by atoms with E-state index in [9.17, 15) is 9.59 Å². The lowest BCUT2D eigenvalue weighted by Crippen LogP contribution is -2.43. The second kappa shape index (κ2) is 15.9. The number of nitrogens with zero attached hydrogens (tertiary/aromatic N) is 5. The Hall–Kier alpha value is -6.40. The number of hydrogen-bond donors (Lipinski definition) is 1. The molecule has 4 aromatic carbocycles. The monoisotopic (exact) mass is 778 g/mol. The van der Waals surface area contributed by atoms with Gasteiger partial charge >= 0.3 is 0 Å². The van der Waals surface area contributed by atoms with Gasteiger partial charge in [0.15, 0.2) is 11.5 Å². The first-order chi connectivity index (χ1) is 28.4. The molecule has 58 heavy (non-hydrogen) atoms. The molecule has 0 unspecified atom stereocenters. The third kappa shape index (κ3) is 7.20. The Kier molecular flexibility index (Phi) is 10.2. The summed E-state index contributed by atoms with van der Waals surface area (Å²) in [5.41, 5.74) is 8.56. The van der Waals surface area contributed by atoms with E-state index < -0.39 is 0 Å². The van der Waals surface area contributed by atoms with Crippen molar-refractivity contribution in [3.05, 3.63) is 113 Å². The maximum atomic E-state index is 13.9. The highest BCUT2D eigenvalue weighted by atomic mass is 16.5. The number of rotatable bonds is 11. The topological polar surface area (TPSA) is 118 Å². The standard InChI is InChI=1S/C46H46N6O6/c1-29-19-38-40(48-25-35-21-33(28-51(35)45(38)53)31-7-11-37(55-2)12-8-31)23-42(29)57-17-4-18-58-44-24-41-39(22-43(44)56-3)46(54)52-27-32(20-36(52)26-49-41)30-5-9-34(10-6-30)50-15-13-47-14-16-50/h5-12,19,22-28,35-36,47H,4,13-18,20-21H2,1-3H3/t35-,36-/m0/s1. The molecule has 12 nitrogen and oxygen atoms in total. The van der Waals surface area contributed by atoms with E-state index in [1.54, 1.807) is 36.2 Å². The summed E-state index contributed by atoms with van der Waals surface area (Å²) in [6.07, 6.45) is 9.54. The molecule has 1 fully saturated rings. The van der Waals surface area contributed by atoms with Gasteiger partial charge in [0.2, 0.25) is 0 Å². The minimum Gasteiger partial charge on any atom is -0.497 e. The molecular formula is C46H46N6O6. The Morgan fingerprint density at radius 3 is 1.81 bits per heavy atom. The number of hydrogen-bond acceptors (Lipinski definition) is 10. The molecule has 0 saturated carbocycles. The number of amides is 2. The largest absolute Gasteiger partial charge is 0.497 e. The number of aliphatic imine (C=N–C) groups is 2. The molecule has 0 aromatic heterocycles. The molecule has 2 amide bonds. The number of aryl methyl sites for hydroxylation is 1. The molecule has 9 rings (SSSR count). The highest BCUT2D eigenvalue weighted by Gasteiger charge is 2.35. The lowest BCUT2D eigenvalue weighted by molar-refractivity contribution is 0.0809. The third-order valence-electron chi connectivity index (χ3n) is 11.4. The third-order valence-corrected chi connectivity index (χ3v) is 11.4. The van der Waals surface area contributed by atoms with Gasteiger partial charge in [-0.2, -0.15) is 0 Å². The maximum absolute atomic E-state index is 13.9. The fraction of sp³-hybridized carbons (Fsp3) is 0.304. The zero-order valence-corrected chi connectivity index (χ0v) is 32.9. The second-order valence-corrected chi connectivity index (χ2v) is 15.1. The van der Waals surface area contributed by atoms with Crippen LogP contribution in [0.2, 0.25) is 0 Å². The fourth-order valence-electron chi connectivity index (χ4n) is 8.19. The van der Waals surface area contributed by atoms with Gasteiger partial charge in [0.25, 0.3) is 11.8 Å². The van der Waals surface area contributed by atoms with Crippen LogP contribution in [0.25, 0.3) is 11.1 Å². The minimum atomic E-state index is -0.178. The van der Waals surface area contributed by atoms with Crippen molar-refractivity contribution in [1.82, 2.24) is 15.1 Å². The van der Waals surface area contributed by atoms with Crippen LogP contribution in [0, 0.1) is 6.92 Å². The molecule has 296 valence electrons. The molecule has 1 saturated heterocycles. The molecule has 0 bridgehead atoms. The molecular weight excluding hydrogens is 733 g/mol. The fourth-order valence-corrected chi connectivity index (χ4v) is 8.19. The molecule has 5 aliphatic rings. The van der Waals surface area contributed by atoms with Gasteiger partial charge < -0.3 is 39.0 Å². The van der Waals surface area contributed by atoms with E-state index in [1.165, 1.54) is 5.69 Å². The van der Waals surface area contributed by atoms with Gasteiger partial charge in [-0.3, -0.25) is 19.6 Å². The van der Waals surface area contributed by atoms with E-state index in [1.807, 2.05) is 68.2 Å². The molecule has 1 N–H and O–H groups in total. The molecule has 4 aromatic rings. The van der Waals surface area contributed by atoms with E-state index in [0.29, 0.717) is 72.2 Å². The summed E-state index contributed by atoms with van der Waals surface area (Å²) >= 11 is 0. The van der Waals surface area contributed by atoms with Crippen molar-refractivity contribution in [2.45, 2.75) is 38.3 Å². The van der Waals surface area contributed by atoms with Gasteiger partial charge in [0.1, 0.15) is 11.5 Å². The van der Waals surface area contributed by atoms with E-state index in [4.69, 9.17) is 28.9 Å². The first-order valence-corrected chi connectivity index (χ1v) is 19.8. The molecule has 12 heteroatoms. The number of nitrogens with one attached hydrogen (secondary N) is 1. The van der Waals surface area contributed by atoms with E-state index in [0.717, 1.165) is 59.8 Å². The summed E-state index contributed by atoms with van der Waals surface area (Å²) < 4.78 is 23.3. The zero-order chi connectivity index (χ0) is 39.8. The minimum absolute atomic E-state index is 0.0847. The quantitative estimate of drug-likeness (QED) is 0.159. The first-order valence-electron chi connectivity index (χ1n) is 19.8. The van der Waals surface area contributed by atoms with Crippen LogP contribution in [-0.4, -0.2) is 99.7 Å². The van der Waals surface area contributed by atoms with Crippen molar-refractivity contribution >= 4 is 52.5 Å². The summed E-state index contributed by atoms with van der Waals surface area (Å²) in [6, 6.07) is 23.4. The predicted octanol–water partition coefficient (Wildman–Crippen LogP) is 7.21. The number of anilines is 1. The van der Waals surface area contributed by atoms with Gasteiger partial charge in [-0.05, 0) is 71.2 Å². The van der Waals surface area contributed by atoms with Crippen molar-refractivity contribution in [3.63, 3.8) is 0 Å². The Balaban J connectivity index is 0.815. The van der Waals surface area contributed by atoms with Gasteiger partial charge in [0, 0.05) is 88.1 Å². The Bertz CT molecular complexity index is 2360. The SMILES string of the molecule is COc1ccc(C2=CN3C(=O)c4cc(C)c(OCCCOc5cc6c(cc5OC)C(=O)N5C=C(c7ccc(N8CCNCC8)cc7)C[C@H]5C=N6)cc4N=C[C@@H]3C2)cc1. The summed E-state index contributed by atoms with van der Waals surface area (Å²) in [4.78, 5) is 43.1. The van der Waals surface area contributed by atoms with Gasteiger partial charge in [-0.25, -0.2) is 0 Å². The predicted molar refractivity (Wildman–Crippen MR) is 226 cm³/mol. The van der Waals surface area contributed by atoms with Crippen molar-refractivity contribution in [2.24, 2.45) is 9.98 Å². The van der Waals surface area contributed by atoms with E-state index in [2.05, 4.69) is 34.5 Å². The summed E-state index contributed by atoms with van der Waals surface area (Å²) in [5, 5.41) is 3.40. The smallest absolute Gasteiger partial charge is 0.260 e. The Labute approximate surface area is 338 Å². The van der Waals surface area contributed by atoms with Crippen molar-refractivity contribution in [3.8, 4) is 23.0 Å². The lowest BCUT2D eigenvalue weighted by Gasteiger charge is -2.29. The number of ether oxygens (including phenoxy) is 4. The molecule has 0 spiro atoms. The van der Waals surface area contributed by atoms with Gasteiger partial charge in [-0.1, -0.05) is 24.3 Å². The number of carbonyl (C=O) groups is 2. The lowest BCUT2D eigenvalue weighted by atomic mass is 10.0. The number of benzene rings is 4. The zero-order valence-electron chi connectivity index (χ0n) is 32.9. The Morgan fingerprint density at radius 2 is 1.22 bits per heavy atom. The van der Waals surface area contributed by atoms with Crippen molar-refractivity contribution in [1.29, 1.82) is 0 Å². The van der Waals surface area contributed by atoms with Gasteiger partial charge in [-0.15, -0.1) is 0 Å². The summed E-state index contributed by atoms with van der Waals surface area (Å²) in [6.45, 7) is 6.64. The molecule has 2 atom stereocenters. The first kappa shape index (κ1) is 37.2. The second-order valence-electron chi connectivity index (χ2n) is 15.1. The number of piperazine rings is 1. The summed E-state index contributed by atoms with van der Waals surface area (Å²) in [5.74, 6) is 2.22. The van der Waals surface area contributed by atoms with Crippen LogP contribution in [0.4, 0.5) is 17.1 Å². The van der Waals surface area contributed by atoms with E-state index >= 15 is 0 Å².